The van der Waals surface area contributed by atoms with E-state index in [1.54, 1.807) is 6.92 Å². The molecule has 0 spiro atoms. The van der Waals surface area contributed by atoms with Crippen molar-refractivity contribution in [1.29, 1.82) is 0 Å². The molecule has 1 aromatic rings. The first kappa shape index (κ1) is 11.8. The van der Waals surface area contributed by atoms with Crippen LogP contribution in [-0.2, 0) is 30.3 Å². The third-order valence-electron chi connectivity index (χ3n) is 3.71. The fourth-order valence-electron chi connectivity index (χ4n) is 2.86. The van der Waals surface area contributed by atoms with E-state index in [2.05, 4.69) is 0 Å². The van der Waals surface area contributed by atoms with Gasteiger partial charge in [0, 0.05) is 6.92 Å². The Hall–Kier alpha value is -0.980. The Morgan fingerprint density at radius 1 is 1.21 bits per heavy atom. The summed E-state index contributed by atoms with van der Waals surface area (Å²) in [6.07, 6.45) is -0.869. The molecule has 3 fully saturated rings. The molecular formula is C14H16O5. The third kappa shape index (κ3) is 1.98. The predicted molar refractivity (Wildman–Crippen MR) is 64.0 cm³/mol. The van der Waals surface area contributed by atoms with Crippen LogP contribution < -0.4 is 0 Å². The van der Waals surface area contributed by atoms with E-state index in [-0.39, 0.29) is 24.6 Å². The number of rotatable bonds is 3. The van der Waals surface area contributed by atoms with Crippen molar-refractivity contribution in [3.8, 4) is 0 Å². The second kappa shape index (κ2) is 4.26. The molecule has 3 heterocycles. The minimum atomic E-state index is -0.969. The molecule has 0 aromatic heterocycles. The largest absolute Gasteiger partial charge is 0.368 e. The Morgan fingerprint density at radius 2 is 2.05 bits per heavy atom. The lowest BCUT2D eigenvalue weighted by atomic mass is 10.0. The molecule has 3 aliphatic heterocycles. The Morgan fingerprint density at radius 3 is 2.89 bits per heavy atom. The predicted octanol–water partition coefficient (Wildman–Crippen LogP) is 1.42. The summed E-state index contributed by atoms with van der Waals surface area (Å²) in [6, 6.07) is 10.1. The molecule has 102 valence electrons. The molecule has 0 aliphatic carbocycles. The van der Waals surface area contributed by atoms with Crippen LogP contribution in [0.25, 0.3) is 0 Å². The highest BCUT2D eigenvalue weighted by molar-refractivity contribution is 5.13. The zero-order chi connectivity index (χ0) is 12.9. The molecule has 1 aromatic carbocycles. The lowest BCUT2D eigenvalue weighted by Crippen LogP contribution is -2.57. The van der Waals surface area contributed by atoms with Gasteiger partial charge in [0.1, 0.15) is 18.3 Å². The van der Waals surface area contributed by atoms with Gasteiger partial charge in [0.15, 0.2) is 6.29 Å². The first-order chi connectivity index (χ1) is 9.23. The van der Waals surface area contributed by atoms with Crippen molar-refractivity contribution < 1.29 is 23.7 Å². The van der Waals surface area contributed by atoms with Gasteiger partial charge in [0.2, 0.25) is 0 Å². The normalized spacial score (nSPS) is 43.6. The van der Waals surface area contributed by atoms with Gasteiger partial charge < -0.3 is 18.9 Å². The highest BCUT2D eigenvalue weighted by Crippen LogP contribution is 2.43. The monoisotopic (exact) mass is 264 g/mol. The van der Waals surface area contributed by atoms with Gasteiger partial charge >= 0.3 is 0 Å². The van der Waals surface area contributed by atoms with Crippen LogP contribution in [0.15, 0.2) is 30.3 Å². The number of hydrogen-bond donors (Lipinski definition) is 0. The third-order valence-corrected chi connectivity index (χ3v) is 3.71. The van der Waals surface area contributed by atoms with Crippen LogP contribution >= 0.6 is 0 Å². The van der Waals surface area contributed by atoms with Gasteiger partial charge in [-0.3, -0.25) is 4.74 Å². The van der Waals surface area contributed by atoms with E-state index < -0.39 is 5.97 Å². The summed E-state index contributed by atoms with van der Waals surface area (Å²) in [5.74, 6) is -0.969. The lowest BCUT2D eigenvalue weighted by Gasteiger charge is -2.41. The molecule has 5 atom stereocenters. The molecule has 0 N–H and O–H groups in total. The molecule has 19 heavy (non-hydrogen) atoms. The Labute approximate surface area is 111 Å². The molecule has 0 radical (unpaired) electrons. The quantitative estimate of drug-likeness (QED) is 0.826. The molecule has 3 saturated heterocycles. The second-order valence-electron chi connectivity index (χ2n) is 5.18. The highest BCUT2D eigenvalue weighted by atomic mass is 17.0. The summed E-state index contributed by atoms with van der Waals surface area (Å²) in [4.78, 5) is 0. The number of hydrogen-bond acceptors (Lipinski definition) is 5. The zero-order valence-electron chi connectivity index (χ0n) is 10.7. The molecule has 0 amide bonds. The van der Waals surface area contributed by atoms with Crippen LogP contribution in [-0.4, -0.2) is 37.2 Å². The summed E-state index contributed by atoms with van der Waals surface area (Å²) in [5, 5.41) is 0. The van der Waals surface area contributed by atoms with Crippen molar-refractivity contribution >= 4 is 0 Å². The van der Waals surface area contributed by atoms with Gasteiger partial charge in [-0.15, -0.1) is 0 Å². The van der Waals surface area contributed by atoms with E-state index in [1.807, 2.05) is 30.3 Å². The van der Waals surface area contributed by atoms with Crippen LogP contribution in [0.3, 0.4) is 0 Å². The standard InChI is InChI=1S/C14H16O5/c1-14-17-10-8-16-13(19-14)12(18-14)11(10)15-7-9-5-3-2-4-6-9/h2-6,10-13H,7-8H2,1H3/t10-,11+,12-,13-,14?/m1/s1. The molecule has 1 unspecified atom stereocenters. The van der Waals surface area contributed by atoms with Gasteiger partial charge in [-0.05, 0) is 5.56 Å². The van der Waals surface area contributed by atoms with Gasteiger partial charge in [0.25, 0.3) is 5.97 Å². The van der Waals surface area contributed by atoms with Gasteiger partial charge in [-0.2, -0.15) is 0 Å². The number of benzene rings is 1. The fourth-order valence-corrected chi connectivity index (χ4v) is 2.86. The van der Waals surface area contributed by atoms with Crippen LogP contribution in [0.1, 0.15) is 12.5 Å². The summed E-state index contributed by atoms with van der Waals surface area (Å²) in [6.45, 7) is 2.79. The van der Waals surface area contributed by atoms with Crippen molar-refractivity contribution in [3.05, 3.63) is 35.9 Å². The molecular weight excluding hydrogens is 248 g/mol. The summed E-state index contributed by atoms with van der Waals surface area (Å²) in [5.41, 5.74) is 1.13. The van der Waals surface area contributed by atoms with Crippen LogP contribution in [0.4, 0.5) is 0 Å². The average Bonchev–Trinajstić information content (AvgIpc) is 2.59. The maximum absolute atomic E-state index is 5.97. The van der Waals surface area contributed by atoms with E-state index in [0.717, 1.165) is 5.56 Å². The van der Waals surface area contributed by atoms with Crippen LogP contribution in [0.2, 0.25) is 0 Å². The maximum Gasteiger partial charge on any atom is 0.283 e. The minimum Gasteiger partial charge on any atom is -0.368 e. The fraction of sp³-hybridized carbons (Fsp3) is 0.571. The minimum absolute atomic E-state index is 0.133. The van der Waals surface area contributed by atoms with Crippen molar-refractivity contribution in [2.24, 2.45) is 0 Å². The van der Waals surface area contributed by atoms with Gasteiger partial charge in [0.05, 0.1) is 13.2 Å². The van der Waals surface area contributed by atoms with Crippen molar-refractivity contribution in [2.75, 3.05) is 6.61 Å². The molecule has 4 rings (SSSR count). The van der Waals surface area contributed by atoms with Crippen molar-refractivity contribution in [2.45, 2.75) is 44.1 Å². The first-order valence-electron chi connectivity index (χ1n) is 6.54. The van der Waals surface area contributed by atoms with E-state index in [0.29, 0.717) is 13.2 Å². The Kier molecular flexibility index (Phi) is 2.65. The number of ether oxygens (including phenoxy) is 5. The van der Waals surface area contributed by atoms with E-state index in [9.17, 15) is 0 Å². The molecule has 0 saturated carbocycles. The zero-order valence-corrected chi connectivity index (χ0v) is 10.7. The van der Waals surface area contributed by atoms with Gasteiger partial charge in [-0.25, -0.2) is 0 Å². The molecule has 3 bridgehead atoms. The second-order valence-corrected chi connectivity index (χ2v) is 5.18. The molecule has 3 aliphatic rings. The SMILES string of the molecule is CC12O[C@H]3OC[C@@H](O1)[C@H](OCc1ccccc1)[C@H]3O2. The molecule has 5 nitrogen and oxygen atoms in total. The van der Waals surface area contributed by atoms with Gasteiger partial charge in [-0.1, -0.05) is 30.3 Å². The summed E-state index contributed by atoms with van der Waals surface area (Å²) < 4.78 is 28.6. The summed E-state index contributed by atoms with van der Waals surface area (Å²) in [7, 11) is 0. The lowest BCUT2D eigenvalue weighted by molar-refractivity contribution is -0.380. The average molecular weight is 264 g/mol. The topological polar surface area (TPSA) is 46.2 Å². The van der Waals surface area contributed by atoms with E-state index in [4.69, 9.17) is 23.7 Å². The summed E-state index contributed by atoms with van der Waals surface area (Å²) >= 11 is 0. The number of fused-ring (bicyclic) bond motifs is 2. The van der Waals surface area contributed by atoms with Crippen molar-refractivity contribution in [3.63, 3.8) is 0 Å². The van der Waals surface area contributed by atoms with Crippen LogP contribution in [0, 0.1) is 0 Å². The van der Waals surface area contributed by atoms with Crippen molar-refractivity contribution in [1.82, 2.24) is 0 Å². The Balaban J connectivity index is 1.48. The van der Waals surface area contributed by atoms with Crippen LogP contribution in [0.5, 0.6) is 0 Å². The smallest absolute Gasteiger partial charge is 0.283 e. The van der Waals surface area contributed by atoms with E-state index >= 15 is 0 Å². The van der Waals surface area contributed by atoms with E-state index in [1.165, 1.54) is 0 Å². The Bertz CT molecular complexity index is 464. The maximum atomic E-state index is 5.97. The highest BCUT2D eigenvalue weighted by Gasteiger charge is 2.61. The first-order valence-corrected chi connectivity index (χ1v) is 6.54. The molecule has 5 heteroatoms.